The third kappa shape index (κ3) is 5.35. The van der Waals surface area contributed by atoms with Crippen molar-refractivity contribution in [2.75, 3.05) is 0 Å². The van der Waals surface area contributed by atoms with Crippen LogP contribution in [0.25, 0.3) is 0 Å². The van der Waals surface area contributed by atoms with Gasteiger partial charge in [-0.2, -0.15) is 0 Å². The predicted octanol–water partition coefficient (Wildman–Crippen LogP) is 4.81. The fraction of sp³-hybridized carbons (Fsp3) is 0.500. The molecule has 0 amide bonds. The van der Waals surface area contributed by atoms with E-state index >= 15 is 0 Å². The van der Waals surface area contributed by atoms with Gasteiger partial charge in [-0.3, -0.25) is 14.9 Å². The highest BCUT2D eigenvalue weighted by atomic mass is 32.1. The first-order valence-corrected chi connectivity index (χ1v) is 9.87. The normalized spacial score (nSPS) is 12.6. The molecule has 2 aromatic rings. The lowest BCUT2D eigenvalue weighted by Gasteiger charge is -2.18. The topological polar surface area (TPSA) is 77.5 Å². The Labute approximate surface area is 163 Å². The molecule has 0 radical (unpaired) electrons. The fourth-order valence-corrected chi connectivity index (χ4v) is 3.49. The van der Waals surface area contributed by atoms with E-state index in [9.17, 15) is 14.9 Å². The molecule has 0 fully saturated rings. The molecule has 0 saturated heterocycles. The minimum absolute atomic E-state index is 0.0499. The summed E-state index contributed by atoms with van der Waals surface area (Å²) in [6.45, 7) is 12.1. The summed E-state index contributed by atoms with van der Waals surface area (Å²) in [4.78, 5) is 28.6. The maximum absolute atomic E-state index is 12.6. The maximum atomic E-state index is 12.6. The first kappa shape index (κ1) is 21.0. The van der Waals surface area contributed by atoms with Crippen molar-refractivity contribution < 1.29 is 9.72 Å². The summed E-state index contributed by atoms with van der Waals surface area (Å²) in [6.07, 6.45) is 0.864. The van der Waals surface area contributed by atoms with Crippen molar-refractivity contribution in [3.8, 4) is 0 Å². The number of aromatic nitrogens is 1. The molecule has 2 rings (SSSR count). The Balaban J connectivity index is 2.53. The van der Waals surface area contributed by atoms with E-state index < -0.39 is 10.3 Å². The molecule has 1 aromatic heterocycles. The molecule has 1 aromatic carbocycles. The van der Waals surface area contributed by atoms with Crippen LogP contribution in [0.1, 0.15) is 45.9 Å². The van der Waals surface area contributed by atoms with Crippen molar-refractivity contribution in [2.45, 2.75) is 54.5 Å². The first-order chi connectivity index (χ1) is 12.5. The summed E-state index contributed by atoms with van der Waals surface area (Å²) in [5, 5.41) is 13.0. The molecule has 146 valence electrons. The van der Waals surface area contributed by atoms with Gasteiger partial charge in [-0.25, -0.2) is 4.99 Å². The quantitative estimate of drug-likeness (QED) is 0.525. The monoisotopic (exact) mass is 389 g/mol. The van der Waals surface area contributed by atoms with Crippen molar-refractivity contribution in [3.63, 3.8) is 0 Å². The lowest BCUT2D eigenvalue weighted by Crippen LogP contribution is -2.30. The Bertz CT molecular complexity index is 917. The molecule has 27 heavy (non-hydrogen) atoms. The van der Waals surface area contributed by atoms with Gasteiger partial charge in [0.15, 0.2) is 10.6 Å². The van der Waals surface area contributed by atoms with Crippen LogP contribution in [0.4, 0.5) is 11.4 Å². The number of thiazole rings is 1. The Morgan fingerprint density at radius 3 is 2.52 bits per heavy atom. The van der Waals surface area contributed by atoms with Crippen LogP contribution in [0.15, 0.2) is 28.6 Å². The Hall–Kier alpha value is -2.28. The average Bonchev–Trinajstić information content (AvgIpc) is 2.89. The smallest absolute Gasteiger partial charge is 0.269 e. The van der Waals surface area contributed by atoms with E-state index in [0.717, 1.165) is 22.5 Å². The molecule has 0 N–H and O–H groups in total. The minimum Gasteiger partial charge on any atom is -0.313 e. The number of carbonyl (C=O) groups excluding carboxylic acids is 1. The largest absolute Gasteiger partial charge is 0.313 e. The maximum Gasteiger partial charge on any atom is 0.269 e. The van der Waals surface area contributed by atoms with Gasteiger partial charge in [0.1, 0.15) is 0 Å². The van der Waals surface area contributed by atoms with Crippen LogP contribution in [-0.2, 0) is 17.8 Å². The highest BCUT2D eigenvalue weighted by Gasteiger charge is 2.23. The zero-order chi connectivity index (χ0) is 20.4. The molecule has 0 saturated carbocycles. The zero-order valence-electron chi connectivity index (χ0n) is 16.8. The highest BCUT2D eigenvalue weighted by molar-refractivity contribution is 7.07. The lowest BCUT2D eigenvalue weighted by molar-refractivity contribution is -0.384. The second-order valence-corrected chi connectivity index (χ2v) is 9.04. The van der Waals surface area contributed by atoms with Crippen LogP contribution in [0.3, 0.4) is 0 Å². The Morgan fingerprint density at radius 2 is 2.00 bits per heavy atom. The SMILES string of the molecule is Cc1cc([N+](=O)[O-])ccc1N=c1scc(CC(C)C)n1CC(=O)C(C)(C)C. The van der Waals surface area contributed by atoms with Gasteiger partial charge >= 0.3 is 0 Å². The molecular weight excluding hydrogens is 362 g/mol. The van der Waals surface area contributed by atoms with Crippen LogP contribution in [0.5, 0.6) is 0 Å². The van der Waals surface area contributed by atoms with E-state index in [1.807, 2.05) is 25.3 Å². The number of non-ortho nitro benzene ring substituents is 1. The van der Waals surface area contributed by atoms with E-state index in [2.05, 4.69) is 19.2 Å². The highest BCUT2D eigenvalue weighted by Crippen LogP contribution is 2.24. The number of nitrogens with zero attached hydrogens (tertiary/aromatic N) is 3. The number of rotatable bonds is 6. The number of nitro benzene ring substituents is 1. The van der Waals surface area contributed by atoms with Crippen molar-refractivity contribution >= 4 is 28.5 Å². The summed E-state index contributed by atoms with van der Waals surface area (Å²) < 4.78 is 1.99. The number of carbonyl (C=O) groups is 1. The number of Topliss-reactive ketones (excluding diaryl/α,β-unsaturated/α-hetero) is 1. The summed E-state index contributed by atoms with van der Waals surface area (Å²) in [6, 6.07) is 4.64. The van der Waals surface area contributed by atoms with Gasteiger partial charge in [-0.15, -0.1) is 11.3 Å². The van der Waals surface area contributed by atoms with Gasteiger partial charge in [-0.1, -0.05) is 34.6 Å². The molecule has 6 nitrogen and oxygen atoms in total. The number of hydrogen-bond acceptors (Lipinski definition) is 5. The molecule has 0 bridgehead atoms. The summed E-state index contributed by atoms with van der Waals surface area (Å²) >= 11 is 1.50. The number of ketones is 1. The molecular formula is C20H27N3O3S. The number of aryl methyl sites for hydroxylation is 1. The second kappa shape index (κ2) is 8.17. The molecule has 0 aliphatic heterocycles. The van der Waals surface area contributed by atoms with Crippen molar-refractivity contribution in [3.05, 3.63) is 49.8 Å². The van der Waals surface area contributed by atoms with Crippen LogP contribution in [0.2, 0.25) is 0 Å². The van der Waals surface area contributed by atoms with Gasteiger partial charge in [0.2, 0.25) is 0 Å². The van der Waals surface area contributed by atoms with Gasteiger partial charge in [0.25, 0.3) is 5.69 Å². The van der Waals surface area contributed by atoms with Gasteiger partial charge in [0.05, 0.1) is 17.2 Å². The van der Waals surface area contributed by atoms with Gasteiger partial charge in [-0.05, 0) is 30.9 Å². The molecule has 7 heteroatoms. The molecule has 0 atom stereocenters. The minimum atomic E-state index is -0.426. The van der Waals surface area contributed by atoms with Crippen molar-refractivity contribution in [2.24, 2.45) is 16.3 Å². The van der Waals surface area contributed by atoms with Crippen LogP contribution in [-0.4, -0.2) is 15.3 Å². The third-order valence-electron chi connectivity index (χ3n) is 4.24. The van der Waals surface area contributed by atoms with Crippen molar-refractivity contribution in [1.82, 2.24) is 4.57 Å². The number of nitro groups is 1. The predicted molar refractivity (Wildman–Crippen MR) is 108 cm³/mol. The standard InChI is InChI=1S/C20H27N3O3S/c1-13(2)9-16-12-27-19(22(16)11-18(24)20(4,5)6)21-17-8-7-15(23(25)26)10-14(17)3/h7-8,10,12-13H,9,11H2,1-6H3. The molecule has 1 heterocycles. The summed E-state index contributed by atoms with van der Waals surface area (Å²) in [7, 11) is 0. The summed E-state index contributed by atoms with van der Waals surface area (Å²) in [5.41, 5.74) is 2.12. The third-order valence-corrected chi connectivity index (χ3v) is 5.15. The van der Waals surface area contributed by atoms with Gasteiger partial charge < -0.3 is 4.57 Å². The van der Waals surface area contributed by atoms with E-state index in [4.69, 9.17) is 4.99 Å². The van der Waals surface area contributed by atoms with E-state index in [1.54, 1.807) is 13.0 Å². The van der Waals surface area contributed by atoms with Gasteiger partial charge in [0, 0.05) is 28.6 Å². The fourth-order valence-electron chi connectivity index (χ4n) is 2.57. The van der Waals surface area contributed by atoms with Crippen LogP contribution < -0.4 is 4.80 Å². The zero-order valence-corrected chi connectivity index (χ0v) is 17.6. The number of hydrogen-bond donors (Lipinski definition) is 0. The average molecular weight is 390 g/mol. The molecule has 0 aliphatic rings. The number of benzene rings is 1. The van der Waals surface area contributed by atoms with Crippen LogP contribution in [0, 0.1) is 28.4 Å². The Kier molecular flexibility index (Phi) is 6.36. The first-order valence-electron chi connectivity index (χ1n) is 8.99. The van der Waals surface area contributed by atoms with Crippen LogP contribution >= 0.6 is 11.3 Å². The van der Waals surface area contributed by atoms with E-state index in [0.29, 0.717) is 11.6 Å². The van der Waals surface area contributed by atoms with E-state index in [1.165, 1.54) is 23.5 Å². The summed E-state index contributed by atoms with van der Waals surface area (Å²) in [5.74, 6) is 0.609. The Morgan fingerprint density at radius 1 is 1.33 bits per heavy atom. The lowest BCUT2D eigenvalue weighted by atomic mass is 9.91. The molecule has 0 unspecified atom stereocenters. The molecule has 0 spiro atoms. The van der Waals surface area contributed by atoms with E-state index in [-0.39, 0.29) is 18.0 Å². The molecule has 0 aliphatic carbocycles. The second-order valence-electron chi connectivity index (χ2n) is 8.21. The van der Waals surface area contributed by atoms with Crippen molar-refractivity contribution in [1.29, 1.82) is 0 Å².